The van der Waals surface area contributed by atoms with Crippen LogP contribution in [0.1, 0.15) is 22.8 Å². The molecule has 0 bridgehead atoms. The van der Waals surface area contributed by atoms with Gasteiger partial charge in [0.1, 0.15) is 0 Å². The lowest BCUT2D eigenvalue weighted by molar-refractivity contribution is 0.0526. The van der Waals surface area contributed by atoms with Crippen LogP contribution < -0.4 is 5.84 Å². The van der Waals surface area contributed by atoms with Gasteiger partial charge in [0.15, 0.2) is 0 Å². The van der Waals surface area contributed by atoms with Crippen molar-refractivity contribution in [3.8, 4) is 0 Å². The molecule has 0 saturated heterocycles. The largest absolute Gasteiger partial charge is 0.462 e. The summed E-state index contributed by atoms with van der Waals surface area (Å²) in [5, 5.41) is 3.38. The summed E-state index contributed by atoms with van der Waals surface area (Å²) >= 11 is 0. The highest BCUT2D eigenvalue weighted by Crippen LogP contribution is 2.04. The van der Waals surface area contributed by atoms with Crippen molar-refractivity contribution in [1.82, 2.24) is 0 Å². The van der Waals surface area contributed by atoms with E-state index in [0.29, 0.717) is 12.2 Å². The molecule has 0 heterocycles. The molecule has 4 nitrogen and oxygen atoms in total. The van der Waals surface area contributed by atoms with Gasteiger partial charge in [0, 0.05) is 0 Å². The van der Waals surface area contributed by atoms with E-state index in [-0.39, 0.29) is 5.97 Å². The Morgan fingerprint density at radius 3 is 3.07 bits per heavy atom. The molecule has 14 heavy (non-hydrogen) atoms. The zero-order valence-electron chi connectivity index (χ0n) is 7.93. The number of hydrogen-bond donors (Lipinski definition) is 1. The molecule has 1 aromatic carbocycles. The molecular weight excluding hydrogens is 180 g/mol. The Morgan fingerprint density at radius 2 is 2.43 bits per heavy atom. The molecule has 0 amide bonds. The van der Waals surface area contributed by atoms with E-state index >= 15 is 0 Å². The lowest BCUT2D eigenvalue weighted by atomic mass is 10.1. The van der Waals surface area contributed by atoms with Crippen LogP contribution >= 0.6 is 0 Å². The Hall–Kier alpha value is -1.84. The first kappa shape index (κ1) is 10.2. The number of benzene rings is 1. The van der Waals surface area contributed by atoms with Crippen LogP contribution in [-0.2, 0) is 4.74 Å². The monoisotopic (exact) mass is 192 g/mol. The predicted octanol–water partition coefficient (Wildman–Crippen LogP) is 1.16. The van der Waals surface area contributed by atoms with Crippen molar-refractivity contribution in [2.75, 3.05) is 6.61 Å². The number of carbonyl (C=O) groups is 1. The first-order chi connectivity index (χ1) is 6.77. The van der Waals surface area contributed by atoms with Gasteiger partial charge in [-0.05, 0) is 24.6 Å². The molecule has 0 aliphatic rings. The summed E-state index contributed by atoms with van der Waals surface area (Å²) in [6.07, 6.45) is 1.47. The molecular formula is C10H12N2O2. The van der Waals surface area contributed by atoms with Gasteiger partial charge < -0.3 is 10.6 Å². The number of nitrogens with two attached hydrogens (primary N) is 1. The van der Waals surface area contributed by atoms with Gasteiger partial charge in [-0.25, -0.2) is 4.79 Å². The number of nitrogens with zero attached hydrogens (tertiary/aromatic N) is 1. The van der Waals surface area contributed by atoms with Crippen molar-refractivity contribution in [2.45, 2.75) is 6.92 Å². The van der Waals surface area contributed by atoms with Crippen LogP contribution in [0, 0.1) is 0 Å². The highest BCUT2D eigenvalue weighted by atomic mass is 16.5. The summed E-state index contributed by atoms with van der Waals surface area (Å²) in [5.41, 5.74) is 1.28. The molecule has 0 spiro atoms. The van der Waals surface area contributed by atoms with Gasteiger partial charge in [0.2, 0.25) is 0 Å². The molecule has 1 aromatic rings. The second kappa shape index (κ2) is 5.01. The maximum absolute atomic E-state index is 11.3. The third-order valence-electron chi connectivity index (χ3n) is 1.62. The zero-order valence-corrected chi connectivity index (χ0v) is 7.93. The van der Waals surface area contributed by atoms with Crippen molar-refractivity contribution >= 4 is 12.2 Å². The van der Waals surface area contributed by atoms with Gasteiger partial charge in [-0.1, -0.05) is 12.1 Å². The summed E-state index contributed by atoms with van der Waals surface area (Å²) in [6.45, 7) is 2.14. The number of rotatable bonds is 3. The van der Waals surface area contributed by atoms with Crippen LogP contribution in [0.4, 0.5) is 0 Å². The number of ether oxygens (including phenoxy) is 1. The molecule has 0 fully saturated rings. The van der Waals surface area contributed by atoms with E-state index in [4.69, 9.17) is 10.6 Å². The fraction of sp³-hybridized carbons (Fsp3) is 0.200. The summed E-state index contributed by atoms with van der Waals surface area (Å²) < 4.78 is 4.85. The molecule has 0 aromatic heterocycles. The summed E-state index contributed by atoms with van der Waals surface area (Å²) in [4.78, 5) is 11.3. The molecule has 0 aliphatic carbocycles. The molecule has 74 valence electrons. The first-order valence-corrected chi connectivity index (χ1v) is 4.28. The van der Waals surface area contributed by atoms with E-state index in [9.17, 15) is 4.79 Å². The first-order valence-electron chi connectivity index (χ1n) is 4.28. The summed E-state index contributed by atoms with van der Waals surface area (Å²) in [6, 6.07) is 6.92. The fourth-order valence-electron chi connectivity index (χ4n) is 1.05. The highest BCUT2D eigenvalue weighted by molar-refractivity contribution is 5.92. The Balaban J connectivity index is 2.87. The van der Waals surface area contributed by atoms with Crippen LogP contribution in [0.15, 0.2) is 29.4 Å². The molecule has 0 saturated carbocycles. The van der Waals surface area contributed by atoms with Crippen LogP contribution in [0.5, 0.6) is 0 Å². The van der Waals surface area contributed by atoms with E-state index in [1.165, 1.54) is 6.21 Å². The summed E-state index contributed by atoms with van der Waals surface area (Å²) in [5.74, 6) is 4.67. The normalized spacial score (nSPS) is 10.4. The SMILES string of the molecule is CCOC(=O)c1cccc(/C=N\N)c1. The van der Waals surface area contributed by atoms with Crippen molar-refractivity contribution < 1.29 is 9.53 Å². The third-order valence-corrected chi connectivity index (χ3v) is 1.62. The number of hydrogen-bond acceptors (Lipinski definition) is 4. The fourth-order valence-corrected chi connectivity index (χ4v) is 1.05. The maximum Gasteiger partial charge on any atom is 0.338 e. The second-order valence-corrected chi connectivity index (χ2v) is 2.62. The molecule has 0 atom stereocenters. The number of esters is 1. The van der Waals surface area contributed by atoms with Gasteiger partial charge in [-0.2, -0.15) is 5.10 Å². The number of carbonyl (C=O) groups excluding carboxylic acids is 1. The molecule has 0 unspecified atom stereocenters. The van der Waals surface area contributed by atoms with E-state index in [2.05, 4.69) is 5.10 Å². The Labute approximate surface area is 82.4 Å². The van der Waals surface area contributed by atoms with E-state index in [1.54, 1.807) is 31.2 Å². The molecule has 0 aliphatic heterocycles. The Morgan fingerprint density at radius 1 is 1.64 bits per heavy atom. The van der Waals surface area contributed by atoms with E-state index < -0.39 is 0 Å². The van der Waals surface area contributed by atoms with Crippen molar-refractivity contribution in [3.63, 3.8) is 0 Å². The van der Waals surface area contributed by atoms with Gasteiger partial charge in [0.05, 0.1) is 18.4 Å². The standard InChI is InChI=1S/C10H12N2O2/c1-2-14-10(13)9-5-3-4-8(6-9)7-12-11/h3-7H,2,11H2,1H3/b12-7-. The van der Waals surface area contributed by atoms with Crippen molar-refractivity contribution in [2.24, 2.45) is 10.9 Å². The van der Waals surface area contributed by atoms with Crippen LogP contribution in [0.25, 0.3) is 0 Å². The number of hydrazone groups is 1. The zero-order chi connectivity index (χ0) is 10.4. The molecule has 2 N–H and O–H groups in total. The predicted molar refractivity (Wildman–Crippen MR) is 54.2 cm³/mol. The van der Waals surface area contributed by atoms with Crippen LogP contribution in [0.3, 0.4) is 0 Å². The van der Waals surface area contributed by atoms with Crippen LogP contribution in [-0.4, -0.2) is 18.8 Å². The lowest BCUT2D eigenvalue weighted by Gasteiger charge is -2.01. The third kappa shape index (κ3) is 2.58. The van der Waals surface area contributed by atoms with Gasteiger partial charge in [-0.15, -0.1) is 0 Å². The second-order valence-electron chi connectivity index (χ2n) is 2.62. The topological polar surface area (TPSA) is 64.7 Å². The smallest absolute Gasteiger partial charge is 0.338 e. The highest BCUT2D eigenvalue weighted by Gasteiger charge is 2.05. The quantitative estimate of drug-likeness (QED) is 0.338. The average molecular weight is 192 g/mol. The Kier molecular flexibility index (Phi) is 3.67. The van der Waals surface area contributed by atoms with E-state index in [0.717, 1.165) is 5.56 Å². The minimum Gasteiger partial charge on any atom is -0.462 e. The van der Waals surface area contributed by atoms with Gasteiger partial charge in [0.25, 0.3) is 0 Å². The molecule has 0 radical (unpaired) electrons. The van der Waals surface area contributed by atoms with Crippen molar-refractivity contribution in [3.05, 3.63) is 35.4 Å². The maximum atomic E-state index is 11.3. The van der Waals surface area contributed by atoms with Gasteiger partial charge >= 0.3 is 5.97 Å². The van der Waals surface area contributed by atoms with Crippen molar-refractivity contribution in [1.29, 1.82) is 0 Å². The van der Waals surface area contributed by atoms with Gasteiger partial charge in [-0.3, -0.25) is 0 Å². The molecule has 1 rings (SSSR count). The minimum absolute atomic E-state index is 0.334. The Bertz CT molecular complexity index is 348. The minimum atomic E-state index is -0.334. The molecule has 4 heteroatoms. The average Bonchev–Trinajstić information content (AvgIpc) is 2.19. The summed E-state index contributed by atoms with van der Waals surface area (Å²) in [7, 11) is 0. The lowest BCUT2D eigenvalue weighted by Crippen LogP contribution is -2.04. The van der Waals surface area contributed by atoms with Crippen LogP contribution in [0.2, 0.25) is 0 Å². The van der Waals surface area contributed by atoms with E-state index in [1.807, 2.05) is 0 Å².